The van der Waals surface area contributed by atoms with Crippen LogP contribution in [0.3, 0.4) is 0 Å². The molecule has 0 aliphatic rings. The molecule has 106 valence electrons. The highest BCUT2D eigenvalue weighted by molar-refractivity contribution is 5.82. The second-order valence-corrected chi connectivity index (χ2v) is 3.90. The van der Waals surface area contributed by atoms with E-state index in [4.69, 9.17) is 0 Å². The van der Waals surface area contributed by atoms with Gasteiger partial charge in [0.15, 0.2) is 5.78 Å². The summed E-state index contributed by atoms with van der Waals surface area (Å²) in [6, 6.07) is 5.18. The Morgan fingerprint density at radius 2 is 2.00 bits per heavy atom. The number of hydrogen-bond donors (Lipinski definition) is 0. The van der Waals surface area contributed by atoms with Gasteiger partial charge in [0.1, 0.15) is 19.0 Å². The fourth-order valence-electron chi connectivity index (χ4n) is 1.29. The van der Waals surface area contributed by atoms with E-state index in [0.717, 1.165) is 6.07 Å². The predicted molar refractivity (Wildman–Crippen MR) is 56.9 cm³/mol. The molecule has 0 radical (unpaired) electrons. The van der Waals surface area contributed by atoms with Crippen LogP contribution in [0.4, 0.5) is 22.0 Å². The van der Waals surface area contributed by atoms with E-state index < -0.39 is 37.2 Å². The van der Waals surface area contributed by atoms with E-state index in [-0.39, 0.29) is 6.42 Å². The first-order valence-electron chi connectivity index (χ1n) is 5.31. The molecule has 1 aromatic carbocycles. The van der Waals surface area contributed by atoms with Gasteiger partial charge < -0.3 is 4.74 Å². The van der Waals surface area contributed by atoms with Crippen molar-refractivity contribution in [3.63, 3.8) is 0 Å². The largest absolute Gasteiger partial charge is 0.367 e. The van der Waals surface area contributed by atoms with Gasteiger partial charge in [-0.05, 0) is 17.7 Å². The molecule has 0 unspecified atom stereocenters. The molecule has 2 nitrogen and oxygen atoms in total. The Morgan fingerprint density at radius 1 is 1.32 bits per heavy atom. The van der Waals surface area contributed by atoms with Crippen molar-refractivity contribution in [3.05, 3.63) is 35.6 Å². The maximum atomic E-state index is 12.8. The fourth-order valence-corrected chi connectivity index (χ4v) is 1.29. The lowest BCUT2D eigenvalue weighted by Crippen LogP contribution is -2.33. The monoisotopic (exact) mass is 282 g/mol. The minimum absolute atomic E-state index is 0.210. The van der Waals surface area contributed by atoms with Gasteiger partial charge in [0.05, 0.1) is 0 Å². The predicted octanol–water partition coefficient (Wildman–Crippen LogP) is 2.85. The maximum absolute atomic E-state index is 12.8. The molecule has 0 N–H and O–H groups in total. The van der Waals surface area contributed by atoms with Gasteiger partial charge in [-0.1, -0.05) is 12.1 Å². The van der Waals surface area contributed by atoms with Gasteiger partial charge in [-0.3, -0.25) is 4.79 Å². The van der Waals surface area contributed by atoms with Crippen LogP contribution in [0.5, 0.6) is 0 Å². The zero-order valence-corrected chi connectivity index (χ0v) is 9.71. The molecule has 0 saturated carbocycles. The van der Waals surface area contributed by atoms with Crippen molar-refractivity contribution in [2.45, 2.75) is 18.8 Å². The smallest absolute Gasteiger partial charge is 0.330 e. The summed E-state index contributed by atoms with van der Waals surface area (Å²) in [4.78, 5) is 11.3. The summed E-state index contributed by atoms with van der Waals surface area (Å²) in [6.45, 7) is -2.25. The highest BCUT2D eigenvalue weighted by Gasteiger charge is 2.41. The summed E-state index contributed by atoms with van der Waals surface area (Å²) < 4.78 is 65.5. The van der Waals surface area contributed by atoms with Gasteiger partial charge >= 0.3 is 12.3 Å². The lowest BCUT2D eigenvalue weighted by atomic mass is 10.1. The standard InChI is InChI=1S/C12H11F5O2/c13-9-3-1-2-8(4-9)5-10(18)6-19-7-12(16,17)11(14)15/h1-4,11H,5-7H2. The zero-order chi connectivity index (χ0) is 14.5. The molecule has 0 bridgehead atoms. The summed E-state index contributed by atoms with van der Waals surface area (Å²) in [7, 11) is 0. The van der Waals surface area contributed by atoms with Gasteiger partial charge in [0.2, 0.25) is 0 Å². The summed E-state index contributed by atoms with van der Waals surface area (Å²) in [5, 5.41) is 0. The first kappa shape index (κ1) is 15.6. The molecule has 0 spiro atoms. The van der Waals surface area contributed by atoms with Crippen LogP contribution in [0.15, 0.2) is 24.3 Å². The number of rotatable bonds is 7. The van der Waals surface area contributed by atoms with Crippen LogP contribution >= 0.6 is 0 Å². The second kappa shape index (κ2) is 6.60. The molecule has 0 saturated heterocycles. The van der Waals surface area contributed by atoms with Crippen molar-refractivity contribution in [3.8, 4) is 0 Å². The van der Waals surface area contributed by atoms with E-state index in [1.54, 1.807) is 0 Å². The first-order valence-corrected chi connectivity index (χ1v) is 5.31. The fraction of sp³-hybridized carbons (Fsp3) is 0.417. The van der Waals surface area contributed by atoms with Crippen molar-refractivity contribution >= 4 is 5.78 Å². The Hall–Kier alpha value is -1.50. The number of carbonyl (C=O) groups is 1. The molecule has 1 aromatic rings. The Kier molecular flexibility index (Phi) is 5.41. The zero-order valence-electron chi connectivity index (χ0n) is 9.71. The maximum Gasteiger partial charge on any atom is 0.330 e. The molecular formula is C12H11F5O2. The summed E-state index contributed by atoms with van der Waals surface area (Å²) in [6.07, 6.45) is -4.05. The second-order valence-electron chi connectivity index (χ2n) is 3.90. The van der Waals surface area contributed by atoms with Crippen molar-refractivity contribution in [1.82, 2.24) is 0 Å². The number of ketones is 1. The van der Waals surface area contributed by atoms with Crippen LogP contribution in [0.1, 0.15) is 5.56 Å². The molecular weight excluding hydrogens is 271 g/mol. The van der Waals surface area contributed by atoms with Crippen LogP contribution in [0, 0.1) is 5.82 Å². The van der Waals surface area contributed by atoms with Crippen molar-refractivity contribution in [1.29, 1.82) is 0 Å². The third kappa shape index (κ3) is 5.34. The summed E-state index contributed by atoms with van der Waals surface area (Å²) in [5.74, 6) is -5.41. The number of alkyl halides is 4. The minimum atomic E-state index is -4.28. The molecule has 19 heavy (non-hydrogen) atoms. The number of halogens is 5. The Bertz CT molecular complexity index is 434. The molecule has 0 heterocycles. The van der Waals surface area contributed by atoms with Gasteiger partial charge in [-0.25, -0.2) is 13.2 Å². The third-order valence-electron chi connectivity index (χ3n) is 2.17. The summed E-state index contributed by atoms with van der Waals surface area (Å²) in [5.41, 5.74) is 0.356. The number of hydrogen-bond acceptors (Lipinski definition) is 2. The van der Waals surface area contributed by atoms with Crippen LogP contribution in [-0.2, 0) is 16.0 Å². The van der Waals surface area contributed by atoms with Gasteiger partial charge in [0, 0.05) is 6.42 Å². The Morgan fingerprint density at radius 3 is 2.58 bits per heavy atom. The molecule has 0 amide bonds. The van der Waals surface area contributed by atoms with E-state index in [0.29, 0.717) is 5.56 Å². The lowest BCUT2D eigenvalue weighted by molar-refractivity contribution is -0.168. The average Bonchev–Trinajstić information content (AvgIpc) is 2.28. The van der Waals surface area contributed by atoms with Crippen LogP contribution < -0.4 is 0 Å². The van der Waals surface area contributed by atoms with E-state index >= 15 is 0 Å². The van der Waals surface area contributed by atoms with Crippen molar-refractivity contribution in [2.24, 2.45) is 0 Å². The topological polar surface area (TPSA) is 26.3 Å². The quantitative estimate of drug-likeness (QED) is 0.719. The molecule has 0 aliphatic heterocycles. The summed E-state index contributed by atoms with van der Waals surface area (Å²) >= 11 is 0. The molecule has 1 rings (SSSR count). The number of ether oxygens (including phenoxy) is 1. The van der Waals surface area contributed by atoms with Gasteiger partial charge in [-0.2, -0.15) is 8.78 Å². The molecule has 0 aliphatic carbocycles. The van der Waals surface area contributed by atoms with Crippen molar-refractivity contribution in [2.75, 3.05) is 13.2 Å². The van der Waals surface area contributed by atoms with E-state index in [2.05, 4.69) is 4.74 Å². The average molecular weight is 282 g/mol. The third-order valence-corrected chi connectivity index (χ3v) is 2.17. The highest BCUT2D eigenvalue weighted by atomic mass is 19.3. The lowest BCUT2D eigenvalue weighted by Gasteiger charge is -2.14. The van der Waals surface area contributed by atoms with Crippen LogP contribution in [-0.4, -0.2) is 31.3 Å². The van der Waals surface area contributed by atoms with E-state index in [1.807, 2.05) is 0 Å². The normalized spacial score (nSPS) is 11.9. The SMILES string of the molecule is O=C(COCC(F)(F)C(F)F)Cc1cccc(F)c1. The molecule has 0 aromatic heterocycles. The van der Waals surface area contributed by atoms with Crippen LogP contribution in [0.25, 0.3) is 0 Å². The minimum Gasteiger partial charge on any atom is -0.367 e. The Labute approximate surface area is 106 Å². The number of Topliss-reactive ketones (excluding diaryl/α,β-unsaturated/α-hetero) is 1. The molecule has 7 heteroatoms. The highest BCUT2D eigenvalue weighted by Crippen LogP contribution is 2.22. The van der Waals surface area contributed by atoms with E-state index in [9.17, 15) is 26.7 Å². The van der Waals surface area contributed by atoms with Gasteiger partial charge in [0.25, 0.3) is 0 Å². The number of carbonyl (C=O) groups excluding carboxylic acids is 1. The van der Waals surface area contributed by atoms with E-state index in [1.165, 1.54) is 18.2 Å². The van der Waals surface area contributed by atoms with Gasteiger partial charge in [-0.15, -0.1) is 0 Å². The Balaban J connectivity index is 2.37. The molecule has 0 fully saturated rings. The first-order chi connectivity index (χ1) is 8.81. The van der Waals surface area contributed by atoms with Crippen LogP contribution in [0.2, 0.25) is 0 Å². The van der Waals surface area contributed by atoms with Crippen molar-refractivity contribution < 1.29 is 31.5 Å². The number of benzene rings is 1. The molecule has 0 atom stereocenters.